The molecule has 36 heavy (non-hydrogen) atoms. The summed E-state index contributed by atoms with van der Waals surface area (Å²) in [4.78, 5) is 30.1. The molecule has 0 radical (unpaired) electrons. The second kappa shape index (κ2) is 9.41. The van der Waals surface area contributed by atoms with Gasteiger partial charge in [0.05, 0.1) is 14.6 Å². The van der Waals surface area contributed by atoms with E-state index < -0.39 is 58.2 Å². The van der Waals surface area contributed by atoms with E-state index >= 15 is 0 Å². The summed E-state index contributed by atoms with van der Waals surface area (Å²) in [6, 6.07) is 0.832. The zero-order chi connectivity index (χ0) is 30.3. The lowest BCUT2D eigenvalue weighted by Gasteiger charge is -2.61. The highest BCUT2D eigenvalue weighted by atomic mass is 32.2. The van der Waals surface area contributed by atoms with Gasteiger partial charge in [-0.1, -0.05) is 33.8 Å². The zero-order valence-electron chi connectivity index (χ0n) is 27.5. The maximum absolute atomic E-state index is 13.9. The fraction of sp³-hybridized carbons (Fsp3) is 0.867. The van der Waals surface area contributed by atoms with Crippen molar-refractivity contribution in [3.05, 3.63) is 12.7 Å². The van der Waals surface area contributed by atoms with Gasteiger partial charge in [-0.25, -0.2) is 0 Å². The van der Waals surface area contributed by atoms with E-state index in [1.54, 1.807) is 6.08 Å². The standard InChI is InChI=1S/C30H47NO4S/c1-7-28(4)16-24(35-25(33)17-36-22-14-20-8-9-21(15-22)31(20)6)29(5)18(2)10-12-30(19(3)27(28)34)13-11-23(32)26(29)30/h7,18-22,24,26-27,34H,1,8-17H2,2-6H3/t18?,19-,20+,21+,24+,26?,27-,28+,29?,30?/m0/s1/i11D2,17D2,34D. The number of hydrogen-bond acceptors (Lipinski definition) is 6. The summed E-state index contributed by atoms with van der Waals surface area (Å²) >= 11 is 1.06. The quantitative estimate of drug-likeness (QED) is 0.380. The van der Waals surface area contributed by atoms with E-state index in [0.29, 0.717) is 24.9 Å². The fourth-order valence-corrected chi connectivity index (χ4v) is 9.75. The Hall–Kier alpha value is -0.850. The van der Waals surface area contributed by atoms with Gasteiger partial charge in [0.15, 0.2) is 0 Å². The second-order valence-corrected chi connectivity index (χ2v) is 14.2. The molecule has 5 fully saturated rings. The summed E-state index contributed by atoms with van der Waals surface area (Å²) < 4.78 is 49.4. The van der Waals surface area contributed by atoms with Gasteiger partial charge < -0.3 is 14.7 Å². The lowest BCUT2D eigenvalue weighted by Crippen LogP contribution is -2.63. The van der Waals surface area contributed by atoms with Gasteiger partial charge in [-0.3, -0.25) is 9.59 Å². The summed E-state index contributed by atoms with van der Waals surface area (Å²) in [5.74, 6) is -2.55. The Kier molecular flexibility index (Phi) is 5.50. The van der Waals surface area contributed by atoms with Crippen molar-refractivity contribution in [1.82, 2.24) is 4.90 Å². The molecule has 2 aliphatic heterocycles. The predicted molar refractivity (Wildman–Crippen MR) is 145 cm³/mol. The number of esters is 1. The Labute approximate surface area is 229 Å². The molecule has 202 valence electrons. The summed E-state index contributed by atoms with van der Waals surface area (Å²) in [6.07, 6.45) is 3.56. The number of ether oxygens (including phenoxy) is 1. The lowest BCUT2D eigenvalue weighted by molar-refractivity contribution is -0.205. The molecule has 6 heteroatoms. The van der Waals surface area contributed by atoms with Crippen LogP contribution >= 0.6 is 11.8 Å². The molecule has 1 N–H and O–H groups in total. The van der Waals surface area contributed by atoms with Crippen molar-refractivity contribution in [2.45, 2.75) is 115 Å². The molecule has 0 amide bonds. The first-order valence-corrected chi connectivity index (χ1v) is 14.8. The largest absolute Gasteiger partial charge is 0.461 e. The first-order valence-electron chi connectivity index (χ1n) is 16.3. The van der Waals surface area contributed by atoms with Gasteiger partial charge in [-0.15, -0.1) is 18.3 Å². The third kappa shape index (κ3) is 3.95. The number of Topliss-reactive ketones (excluding diaryl/α,β-unsaturated/α-hetero) is 1. The molecule has 2 heterocycles. The van der Waals surface area contributed by atoms with Gasteiger partial charge in [0.1, 0.15) is 11.9 Å². The third-order valence-corrected chi connectivity index (χ3v) is 12.6. The normalized spacial score (nSPS) is 54.6. The van der Waals surface area contributed by atoms with Gasteiger partial charge in [0.2, 0.25) is 1.43 Å². The van der Waals surface area contributed by atoms with Gasteiger partial charge >= 0.3 is 5.97 Å². The smallest absolute Gasteiger partial charge is 0.316 e. The molecule has 0 spiro atoms. The molecular weight excluding hydrogens is 470 g/mol. The van der Waals surface area contributed by atoms with Crippen LogP contribution in [0.15, 0.2) is 12.7 Å². The van der Waals surface area contributed by atoms with Gasteiger partial charge in [-0.05, 0) is 75.7 Å². The Balaban J connectivity index is 1.51. The SMILES string of the molecule is [2H]O[C@H]1[C@H](C)C23CCC(C)C(C)(C2C(=O)C([2H])([2H])C3)[C@H](OC(=O)C([2H])([2H])SC2C[C@H]3CC[C@H](C2)N3C)C[C@@]1(C)C=C. The van der Waals surface area contributed by atoms with E-state index in [0.717, 1.165) is 37.4 Å². The topological polar surface area (TPSA) is 66.8 Å². The van der Waals surface area contributed by atoms with Crippen LogP contribution in [0.2, 0.25) is 0 Å². The van der Waals surface area contributed by atoms with Crippen LogP contribution in [0, 0.1) is 34.0 Å². The maximum atomic E-state index is 13.9. The number of aliphatic hydroxyl groups is 1. The number of rotatable bonds is 6. The highest BCUT2D eigenvalue weighted by Gasteiger charge is 2.68. The van der Waals surface area contributed by atoms with Crippen LogP contribution in [0.1, 0.15) is 90.9 Å². The molecule has 5 rings (SSSR count). The molecule has 4 unspecified atom stereocenters. The van der Waals surface area contributed by atoms with Crippen molar-refractivity contribution < 1.29 is 24.9 Å². The predicted octanol–water partition coefficient (Wildman–Crippen LogP) is 5.25. The minimum Gasteiger partial charge on any atom is -0.461 e. The number of carbonyl (C=O) groups excluding carboxylic acids is 2. The van der Waals surface area contributed by atoms with Crippen molar-refractivity contribution in [2.75, 3.05) is 12.8 Å². The van der Waals surface area contributed by atoms with Crippen molar-refractivity contribution in [2.24, 2.45) is 34.0 Å². The monoisotopic (exact) mass is 522 g/mol. The van der Waals surface area contributed by atoms with E-state index in [9.17, 15) is 9.59 Å². The Morgan fingerprint density at radius 3 is 2.64 bits per heavy atom. The number of hydrogen-bond donors (Lipinski definition) is 1. The molecule has 0 aromatic carbocycles. The highest BCUT2D eigenvalue weighted by Crippen LogP contribution is 2.68. The maximum Gasteiger partial charge on any atom is 0.316 e. The number of thioether (sulfide) groups is 1. The first-order chi connectivity index (χ1) is 19.0. The number of carbonyl (C=O) groups is 2. The molecule has 0 aromatic rings. The minimum atomic E-state index is -2.27. The van der Waals surface area contributed by atoms with Crippen LogP contribution in [-0.2, 0) is 14.3 Å². The van der Waals surface area contributed by atoms with Crippen molar-refractivity contribution in [1.29, 1.82) is 1.43 Å². The molecular formula is C30H47NO4S. The van der Waals surface area contributed by atoms with Crippen LogP contribution in [0.5, 0.6) is 0 Å². The summed E-state index contributed by atoms with van der Waals surface area (Å²) in [6.45, 7) is 11.9. The highest BCUT2D eigenvalue weighted by molar-refractivity contribution is 8.00. The van der Waals surface area contributed by atoms with Gasteiger partial charge in [0.25, 0.3) is 0 Å². The minimum absolute atomic E-state index is 0.0180. The Morgan fingerprint density at radius 1 is 1.31 bits per heavy atom. The van der Waals surface area contributed by atoms with E-state index in [2.05, 4.69) is 18.5 Å². The fourth-order valence-electron chi connectivity index (χ4n) is 8.81. The van der Waals surface area contributed by atoms with Gasteiger partial charge in [0, 0.05) is 43.2 Å². The van der Waals surface area contributed by atoms with E-state index in [4.69, 9.17) is 16.8 Å². The molecule has 5 aliphatic rings. The number of nitrogens with zero attached hydrogens (tertiary/aromatic N) is 1. The van der Waals surface area contributed by atoms with E-state index in [1.807, 2.05) is 27.7 Å². The molecule has 10 atom stereocenters. The van der Waals surface area contributed by atoms with Crippen LogP contribution < -0.4 is 0 Å². The van der Waals surface area contributed by atoms with Crippen LogP contribution in [0.4, 0.5) is 0 Å². The Bertz CT molecular complexity index is 1080. The van der Waals surface area contributed by atoms with E-state index in [1.165, 1.54) is 0 Å². The van der Waals surface area contributed by atoms with Crippen LogP contribution in [0.25, 0.3) is 0 Å². The zero-order valence-corrected chi connectivity index (χ0v) is 23.4. The molecule has 4 bridgehead atoms. The number of fused-ring (bicyclic) bond motifs is 2. The second-order valence-electron chi connectivity index (χ2n) is 13.1. The summed E-state index contributed by atoms with van der Waals surface area (Å²) in [5.41, 5.74) is -4.79. The van der Waals surface area contributed by atoms with Crippen molar-refractivity contribution in [3.8, 4) is 0 Å². The van der Waals surface area contributed by atoms with Crippen LogP contribution in [0.3, 0.4) is 0 Å². The average Bonchev–Trinajstić information content (AvgIpc) is 3.22. The molecule has 0 aromatic heterocycles. The average molecular weight is 523 g/mol. The molecule has 2 saturated heterocycles. The Morgan fingerprint density at radius 2 is 2.00 bits per heavy atom. The first kappa shape index (κ1) is 21.0. The third-order valence-electron chi connectivity index (χ3n) is 11.6. The molecule has 3 aliphatic carbocycles. The van der Waals surface area contributed by atoms with Crippen molar-refractivity contribution >= 4 is 23.5 Å². The van der Waals surface area contributed by atoms with E-state index in [-0.39, 0.29) is 29.9 Å². The van der Waals surface area contributed by atoms with Crippen LogP contribution in [-0.4, -0.2) is 65.5 Å². The number of aliphatic hydroxyl groups excluding tert-OH is 1. The number of ketones is 1. The summed E-state index contributed by atoms with van der Waals surface area (Å²) in [5, 5.41) is 5.40. The number of piperidine rings is 1. The summed E-state index contributed by atoms with van der Waals surface area (Å²) in [7, 11) is 2.13. The molecule has 5 nitrogen and oxygen atoms in total. The van der Waals surface area contributed by atoms with Gasteiger partial charge in [-0.2, -0.15) is 0 Å². The molecule has 3 saturated carbocycles. The lowest BCUT2D eigenvalue weighted by atomic mass is 9.44. The van der Waals surface area contributed by atoms with Crippen molar-refractivity contribution in [3.63, 3.8) is 0 Å².